The van der Waals surface area contributed by atoms with Gasteiger partial charge in [0.2, 0.25) is 0 Å². The molecule has 0 aliphatic carbocycles. The Morgan fingerprint density at radius 1 is 1.20 bits per heavy atom. The zero-order valence-corrected chi connectivity index (χ0v) is 21.9. The van der Waals surface area contributed by atoms with Gasteiger partial charge in [0.1, 0.15) is 12.3 Å². The van der Waals surface area contributed by atoms with E-state index in [1.54, 1.807) is 6.20 Å². The van der Waals surface area contributed by atoms with E-state index >= 15 is 0 Å². The molecule has 2 heterocycles. The second kappa shape index (κ2) is 8.90. The van der Waals surface area contributed by atoms with Gasteiger partial charge in [0.25, 0.3) is 0 Å². The topological polar surface area (TPSA) is 70.1 Å². The molecule has 1 amide bonds. The molecule has 1 aliphatic rings. The van der Waals surface area contributed by atoms with Gasteiger partial charge >= 0.3 is 13.2 Å². The zero-order valence-electron chi connectivity index (χ0n) is 20.1. The first-order valence-corrected chi connectivity index (χ1v) is 14.9. The van der Waals surface area contributed by atoms with Crippen LogP contribution in [0.3, 0.4) is 0 Å². The van der Waals surface area contributed by atoms with Crippen LogP contribution in [0.25, 0.3) is 0 Å². The third kappa shape index (κ3) is 6.78. The van der Waals surface area contributed by atoms with Crippen molar-refractivity contribution < 1.29 is 23.6 Å². The number of nitrogens with zero attached hydrogens (tertiary/aromatic N) is 2. The first kappa shape index (κ1) is 25.3. The van der Waals surface area contributed by atoms with Crippen molar-refractivity contribution in [1.29, 1.82) is 0 Å². The lowest BCUT2D eigenvalue weighted by Crippen LogP contribution is -2.41. The monoisotopic (exact) mass is 456 g/mol. The summed E-state index contributed by atoms with van der Waals surface area (Å²) in [5, 5.41) is 0.502. The molecule has 0 spiro atoms. The van der Waals surface area contributed by atoms with Gasteiger partial charge < -0.3 is 18.8 Å². The first-order chi connectivity index (χ1) is 13.5. The Hall–Kier alpha value is -0.938. The highest BCUT2D eigenvalue weighted by molar-refractivity contribution is 7.25. The number of anilines is 1. The number of thiazole rings is 1. The lowest BCUT2D eigenvalue weighted by molar-refractivity contribution is 0.00578. The lowest BCUT2D eigenvalue weighted by Gasteiger charge is -2.32. The minimum atomic E-state index is -1.22. The second-order valence-electron chi connectivity index (χ2n) is 10.9. The van der Waals surface area contributed by atoms with Crippen LogP contribution in [0.5, 0.6) is 0 Å². The van der Waals surface area contributed by atoms with Crippen molar-refractivity contribution in [3.8, 4) is 0 Å². The quantitative estimate of drug-likeness (QED) is 0.342. The molecule has 1 aromatic heterocycles. The van der Waals surface area contributed by atoms with Crippen molar-refractivity contribution in [2.75, 3.05) is 18.2 Å². The number of carbonyl (C=O) groups excluding carboxylic acids is 1. The zero-order chi connectivity index (χ0) is 23.0. The summed E-state index contributed by atoms with van der Waals surface area (Å²) in [6, 6.07) is 1.02. The predicted molar refractivity (Wildman–Crippen MR) is 126 cm³/mol. The molecule has 0 unspecified atom stereocenters. The Kier molecular flexibility index (Phi) is 7.51. The number of amides is 1. The number of rotatable bonds is 7. The van der Waals surface area contributed by atoms with Crippen molar-refractivity contribution in [1.82, 2.24) is 4.98 Å². The molecule has 0 atom stereocenters. The summed E-state index contributed by atoms with van der Waals surface area (Å²) >= 11 is 1.35. The van der Waals surface area contributed by atoms with E-state index in [1.165, 1.54) is 16.2 Å². The van der Waals surface area contributed by atoms with Crippen LogP contribution in [0.15, 0.2) is 6.20 Å². The SMILES string of the molecule is CC(C)(C)OC(=O)N(COCC[Si](C)(C)C)c1ncc(B2OC(C)(C)C(C)(C)O2)s1. The van der Waals surface area contributed by atoms with Crippen LogP contribution >= 0.6 is 11.3 Å². The second-order valence-corrected chi connectivity index (χ2v) is 17.6. The van der Waals surface area contributed by atoms with Gasteiger partial charge in [0.05, 0.1) is 16.0 Å². The van der Waals surface area contributed by atoms with Crippen molar-refractivity contribution in [3.05, 3.63) is 6.20 Å². The van der Waals surface area contributed by atoms with Gasteiger partial charge in [-0.2, -0.15) is 0 Å². The van der Waals surface area contributed by atoms with Crippen LogP contribution in [0.2, 0.25) is 25.7 Å². The van der Waals surface area contributed by atoms with E-state index in [0.717, 1.165) is 10.8 Å². The molecule has 2 rings (SSSR count). The Morgan fingerprint density at radius 3 is 2.27 bits per heavy atom. The number of hydrogen-bond donors (Lipinski definition) is 0. The molecule has 0 bridgehead atoms. The van der Waals surface area contributed by atoms with Crippen LogP contribution in [-0.4, -0.2) is 56.4 Å². The normalized spacial score (nSPS) is 18.5. The number of carbonyl (C=O) groups is 1. The van der Waals surface area contributed by atoms with Crippen molar-refractivity contribution in [2.24, 2.45) is 0 Å². The average Bonchev–Trinajstić information content (AvgIpc) is 3.07. The fourth-order valence-electron chi connectivity index (χ4n) is 2.51. The number of ether oxygens (including phenoxy) is 2. The van der Waals surface area contributed by atoms with Crippen molar-refractivity contribution >= 4 is 42.5 Å². The third-order valence-electron chi connectivity index (χ3n) is 5.06. The molecular weight excluding hydrogens is 419 g/mol. The molecular formula is C20H37BN2O5SSi. The van der Waals surface area contributed by atoms with Gasteiger partial charge in [-0.15, -0.1) is 11.3 Å². The van der Waals surface area contributed by atoms with E-state index in [1.807, 2.05) is 48.5 Å². The maximum absolute atomic E-state index is 12.8. The summed E-state index contributed by atoms with van der Waals surface area (Å²) in [6.07, 6.45) is 1.21. The van der Waals surface area contributed by atoms with Gasteiger partial charge in [-0.3, -0.25) is 0 Å². The Balaban J connectivity index is 2.15. The molecule has 0 N–H and O–H groups in total. The lowest BCUT2D eigenvalue weighted by atomic mass is 9.89. The highest BCUT2D eigenvalue weighted by atomic mass is 32.1. The fourth-order valence-corrected chi connectivity index (χ4v) is 4.12. The summed E-state index contributed by atoms with van der Waals surface area (Å²) in [6.45, 7) is 21.1. The van der Waals surface area contributed by atoms with E-state index in [9.17, 15) is 4.79 Å². The standard InChI is InChI=1S/C20H37BN2O5SSi/c1-18(2,3)26-17(24)23(14-25-11-12-30(8,9)10)16-22-13-15(29-16)21-27-19(4,5)20(6,7)28-21/h13H,11-12,14H2,1-10H3. The van der Waals surface area contributed by atoms with Crippen LogP contribution in [0.4, 0.5) is 9.93 Å². The molecule has 0 aromatic carbocycles. The highest BCUT2D eigenvalue weighted by Crippen LogP contribution is 2.37. The van der Waals surface area contributed by atoms with E-state index in [2.05, 4.69) is 24.6 Å². The van der Waals surface area contributed by atoms with Gasteiger partial charge in [-0.25, -0.2) is 14.7 Å². The van der Waals surface area contributed by atoms with Gasteiger partial charge in [0.15, 0.2) is 5.13 Å². The molecule has 170 valence electrons. The molecule has 1 aliphatic heterocycles. The summed E-state index contributed by atoms with van der Waals surface area (Å²) in [4.78, 5) is 18.7. The van der Waals surface area contributed by atoms with Crippen molar-refractivity contribution in [2.45, 2.75) is 91.0 Å². The highest BCUT2D eigenvalue weighted by Gasteiger charge is 2.52. The Labute approximate surface area is 186 Å². The van der Waals surface area contributed by atoms with Crippen LogP contribution in [0.1, 0.15) is 48.5 Å². The Bertz CT molecular complexity index is 726. The molecule has 0 saturated carbocycles. The number of hydrogen-bond acceptors (Lipinski definition) is 7. The summed E-state index contributed by atoms with van der Waals surface area (Å²) in [5.41, 5.74) is -1.49. The van der Waals surface area contributed by atoms with Crippen LogP contribution in [0, 0.1) is 0 Å². The van der Waals surface area contributed by atoms with Crippen LogP contribution in [-0.2, 0) is 18.8 Å². The third-order valence-corrected chi connectivity index (χ3v) is 7.80. The van der Waals surface area contributed by atoms with E-state index < -0.39 is 38.1 Å². The van der Waals surface area contributed by atoms with E-state index in [-0.39, 0.29) is 6.73 Å². The molecule has 1 saturated heterocycles. The molecule has 7 nitrogen and oxygen atoms in total. The summed E-state index contributed by atoms with van der Waals surface area (Å²) in [7, 11) is -1.74. The average molecular weight is 456 g/mol. The smallest absolute Gasteiger partial charge is 0.443 e. The minimum Gasteiger partial charge on any atom is -0.443 e. The van der Waals surface area contributed by atoms with Crippen LogP contribution < -0.4 is 9.68 Å². The minimum absolute atomic E-state index is 0.0930. The van der Waals surface area contributed by atoms with E-state index in [4.69, 9.17) is 18.8 Å². The van der Waals surface area contributed by atoms with Gasteiger partial charge in [0, 0.05) is 20.9 Å². The summed E-state index contributed by atoms with van der Waals surface area (Å²) < 4.78 is 24.4. The molecule has 30 heavy (non-hydrogen) atoms. The van der Waals surface area contributed by atoms with Crippen molar-refractivity contribution in [3.63, 3.8) is 0 Å². The molecule has 0 radical (unpaired) electrons. The Morgan fingerprint density at radius 2 is 1.77 bits per heavy atom. The molecule has 10 heteroatoms. The van der Waals surface area contributed by atoms with E-state index in [0.29, 0.717) is 11.7 Å². The molecule has 1 aromatic rings. The maximum Gasteiger partial charge on any atom is 0.507 e. The summed E-state index contributed by atoms with van der Waals surface area (Å²) in [5.74, 6) is 0. The predicted octanol–water partition coefficient (Wildman–Crippen LogP) is 4.50. The first-order valence-electron chi connectivity index (χ1n) is 10.4. The van der Waals surface area contributed by atoms with Gasteiger partial charge in [-0.05, 0) is 54.5 Å². The largest absolute Gasteiger partial charge is 0.507 e. The molecule has 1 fully saturated rings. The number of aromatic nitrogens is 1. The van der Waals surface area contributed by atoms with Gasteiger partial charge in [-0.1, -0.05) is 19.6 Å². The fraction of sp³-hybridized carbons (Fsp3) is 0.800. The maximum atomic E-state index is 12.8.